The van der Waals surface area contributed by atoms with E-state index in [0.717, 1.165) is 17.0 Å². The Labute approximate surface area is 96.1 Å². The summed E-state index contributed by atoms with van der Waals surface area (Å²) in [7, 11) is 0. The van der Waals surface area contributed by atoms with Crippen molar-refractivity contribution in [1.29, 1.82) is 0 Å². The maximum absolute atomic E-state index is 11.9. The van der Waals surface area contributed by atoms with Gasteiger partial charge in [0.2, 0.25) is 4.93 Å². The van der Waals surface area contributed by atoms with Crippen molar-refractivity contribution in [1.82, 2.24) is 0 Å². The minimum atomic E-state index is -0.847. The Morgan fingerprint density at radius 2 is 2.40 bits per heavy atom. The van der Waals surface area contributed by atoms with Crippen molar-refractivity contribution in [2.75, 3.05) is 17.7 Å². The molecule has 1 unspecified atom stereocenters. The first-order valence-electron chi connectivity index (χ1n) is 4.62. The number of ether oxygens (including phenoxy) is 1. The van der Waals surface area contributed by atoms with Gasteiger partial charge in [0.15, 0.2) is 0 Å². The normalized spacial score (nSPS) is 28.2. The summed E-state index contributed by atoms with van der Waals surface area (Å²) in [6.07, 6.45) is 0. The molecule has 3 nitrogen and oxygen atoms in total. The van der Waals surface area contributed by atoms with Gasteiger partial charge in [-0.2, -0.15) is 0 Å². The van der Waals surface area contributed by atoms with Gasteiger partial charge in [-0.15, -0.1) is 11.8 Å². The molecule has 5 heteroatoms. The Morgan fingerprint density at radius 1 is 1.53 bits per heavy atom. The molecule has 3 rings (SSSR count). The third kappa shape index (κ3) is 1.22. The number of anilines is 1. The van der Waals surface area contributed by atoms with Crippen molar-refractivity contribution in [2.45, 2.75) is 4.93 Å². The number of hydrogen-bond acceptors (Lipinski definition) is 3. The van der Waals surface area contributed by atoms with E-state index in [1.165, 1.54) is 11.8 Å². The number of thioether (sulfide) groups is 1. The third-order valence-electron chi connectivity index (χ3n) is 2.58. The quantitative estimate of drug-likeness (QED) is 0.757. The van der Waals surface area contributed by atoms with Crippen LogP contribution >= 0.6 is 23.4 Å². The molecule has 2 aliphatic rings. The zero-order chi connectivity index (χ0) is 10.5. The molecule has 0 aliphatic carbocycles. The zero-order valence-electron chi connectivity index (χ0n) is 7.75. The van der Waals surface area contributed by atoms with Gasteiger partial charge in [0.05, 0.1) is 6.61 Å². The van der Waals surface area contributed by atoms with E-state index in [4.69, 9.17) is 16.3 Å². The fourth-order valence-electron chi connectivity index (χ4n) is 1.92. The Bertz CT molecular complexity index is 443. The second-order valence-electron chi connectivity index (χ2n) is 3.46. The number of hydrogen-bond donors (Lipinski definition) is 1. The minimum absolute atomic E-state index is 0.0951. The second kappa shape index (κ2) is 3.14. The van der Waals surface area contributed by atoms with E-state index in [9.17, 15) is 4.79 Å². The third-order valence-corrected chi connectivity index (χ3v) is 4.11. The molecule has 1 fully saturated rings. The predicted octanol–water partition coefficient (Wildman–Crippen LogP) is 2.21. The number of carbonyl (C=O) groups is 1. The second-order valence-corrected chi connectivity index (χ2v) is 5.17. The van der Waals surface area contributed by atoms with Crippen LogP contribution in [0.5, 0.6) is 0 Å². The van der Waals surface area contributed by atoms with E-state index in [0.29, 0.717) is 11.6 Å². The fourth-order valence-corrected chi connectivity index (χ4v) is 3.22. The molecule has 2 heterocycles. The molecule has 1 atom stereocenters. The largest absolute Gasteiger partial charge is 0.350 e. The van der Waals surface area contributed by atoms with Gasteiger partial charge in [-0.3, -0.25) is 4.79 Å². The predicted molar refractivity (Wildman–Crippen MR) is 60.2 cm³/mol. The summed E-state index contributed by atoms with van der Waals surface area (Å²) >= 11 is 7.45. The summed E-state index contributed by atoms with van der Waals surface area (Å²) < 4.78 is 5.59. The van der Waals surface area contributed by atoms with Crippen LogP contribution < -0.4 is 5.32 Å². The smallest absolute Gasteiger partial charge is 0.272 e. The summed E-state index contributed by atoms with van der Waals surface area (Å²) in [5, 5.41) is 3.44. The van der Waals surface area contributed by atoms with Gasteiger partial charge < -0.3 is 10.1 Å². The summed E-state index contributed by atoms with van der Waals surface area (Å²) in [5.41, 5.74) is 1.65. The number of benzene rings is 1. The highest BCUT2D eigenvalue weighted by Gasteiger charge is 2.51. The first kappa shape index (κ1) is 9.51. The molecule has 1 N–H and O–H groups in total. The Hall–Kier alpha value is -0.710. The molecule has 0 bridgehead atoms. The number of halogens is 1. The van der Waals surface area contributed by atoms with E-state index in [-0.39, 0.29) is 5.91 Å². The maximum atomic E-state index is 11.9. The van der Waals surface area contributed by atoms with E-state index in [1.54, 1.807) is 12.1 Å². The lowest BCUT2D eigenvalue weighted by Crippen LogP contribution is -2.30. The highest BCUT2D eigenvalue weighted by Crippen LogP contribution is 2.50. The summed E-state index contributed by atoms with van der Waals surface area (Å²) in [6, 6.07) is 5.37. The Balaban J connectivity index is 2.19. The summed E-state index contributed by atoms with van der Waals surface area (Å²) in [4.78, 5) is 11.0. The van der Waals surface area contributed by atoms with Crippen molar-refractivity contribution in [2.24, 2.45) is 0 Å². The van der Waals surface area contributed by atoms with Gasteiger partial charge in [0, 0.05) is 22.0 Å². The average Bonchev–Trinajstić information content (AvgIpc) is 2.78. The minimum Gasteiger partial charge on any atom is -0.350 e. The lowest BCUT2D eigenvalue weighted by molar-refractivity contribution is -0.128. The van der Waals surface area contributed by atoms with Crippen LogP contribution in [0.4, 0.5) is 5.69 Å². The van der Waals surface area contributed by atoms with E-state index in [1.807, 2.05) is 6.07 Å². The molecule has 78 valence electrons. The molecule has 2 aliphatic heterocycles. The number of amides is 1. The van der Waals surface area contributed by atoms with Crippen LogP contribution in [0.25, 0.3) is 0 Å². The van der Waals surface area contributed by atoms with Crippen LogP contribution in [0.3, 0.4) is 0 Å². The standard InChI is InChI=1S/C10H8ClNO2S/c11-6-1-2-8-7(5-6)10(9(13)12-8)14-3-4-15-10/h1-2,5H,3-4H2,(H,12,13). The highest BCUT2D eigenvalue weighted by molar-refractivity contribution is 8.01. The zero-order valence-corrected chi connectivity index (χ0v) is 9.32. The SMILES string of the molecule is O=C1Nc2ccc(Cl)cc2C12OCCS2. The molecule has 1 aromatic carbocycles. The van der Waals surface area contributed by atoms with Gasteiger partial charge in [0.1, 0.15) is 0 Å². The molecule has 1 amide bonds. The summed E-state index contributed by atoms with van der Waals surface area (Å²) in [5.74, 6) is 0.738. The van der Waals surface area contributed by atoms with Crippen LogP contribution in [-0.2, 0) is 14.5 Å². The van der Waals surface area contributed by atoms with Crippen molar-refractivity contribution >= 4 is 35.0 Å². The van der Waals surface area contributed by atoms with Gasteiger partial charge in [-0.1, -0.05) is 11.6 Å². The van der Waals surface area contributed by atoms with Crippen molar-refractivity contribution in [3.8, 4) is 0 Å². The Morgan fingerprint density at radius 3 is 3.13 bits per heavy atom. The Kier molecular flexibility index (Phi) is 1.99. The number of carbonyl (C=O) groups excluding carboxylic acids is 1. The van der Waals surface area contributed by atoms with E-state index < -0.39 is 4.93 Å². The lowest BCUT2D eigenvalue weighted by atomic mass is 10.1. The topological polar surface area (TPSA) is 38.3 Å². The van der Waals surface area contributed by atoms with Crippen molar-refractivity contribution in [3.05, 3.63) is 28.8 Å². The molecule has 0 aromatic heterocycles. The number of fused-ring (bicyclic) bond motifs is 2. The van der Waals surface area contributed by atoms with E-state index in [2.05, 4.69) is 5.32 Å². The van der Waals surface area contributed by atoms with Crippen LogP contribution in [-0.4, -0.2) is 18.3 Å². The first-order valence-corrected chi connectivity index (χ1v) is 5.98. The van der Waals surface area contributed by atoms with Crippen LogP contribution in [0.15, 0.2) is 18.2 Å². The van der Waals surface area contributed by atoms with Crippen molar-refractivity contribution in [3.63, 3.8) is 0 Å². The highest BCUT2D eigenvalue weighted by atomic mass is 35.5. The maximum Gasteiger partial charge on any atom is 0.272 e. The molecule has 15 heavy (non-hydrogen) atoms. The van der Waals surface area contributed by atoms with Crippen LogP contribution in [0.1, 0.15) is 5.56 Å². The molecule has 0 saturated carbocycles. The van der Waals surface area contributed by atoms with Crippen LogP contribution in [0, 0.1) is 0 Å². The van der Waals surface area contributed by atoms with Gasteiger partial charge >= 0.3 is 0 Å². The molecule has 1 aromatic rings. The summed E-state index contributed by atoms with van der Waals surface area (Å²) in [6.45, 7) is 0.601. The molecular weight excluding hydrogens is 234 g/mol. The van der Waals surface area contributed by atoms with Gasteiger partial charge in [-0.25, -0.2) is 0 Å². The fraction of sp³-hybridized carbons (Fsp3) is 0.300. The van der Waals surface area contributed by atoms with Crippen molar-refractivity contribution < 1.29 is 9.53 Å². The lowest BCUT2D eigenvalue weighted by Gasteiger charge is -2.18. The first-order chi connectivity index (χ1) is 7.22. The van der Waals surface area contributed by atoms with Gasteiger partial charge in [0.25, 0.3) is 5.91 Å². The van der Waals surface area contributed by atoms with Crippen LogP contribution in [0.2, 0.25) is 5.02 Å². The molecule has 1 spiro atoms. The molecule has 1 saturated heterocycles. The number of rotatable bonds is 0. The average molecular weight is 242 g/mol. The van der Waals surface area contributed by atoms with E-state index >= 15 is 0 Å². The van der Waals surface area contributed by atoms with Gasteiger partial charge in [-0.05, 0) is 18.2 Å². The monoisotopic (exact) mass is 241 g/mol. The molecule has 0 radical (unpaired) electrons. The number of nitrogens with one attached hydrogen (secondary N) is 1. The molecular formula is C10H8ClNO2S.